The lowest BCUT2D eigenvalue weighted by molar-refractivity contribution is -0.355. The third kappa shape index (κ3) is 2.93. The van der Waals surface area contributed by atoms with Crippen LogP contribution in [0.2, 0.25) is 0 Å². The van der Waals surface area contributed by atoms with E-state index in [2.05, 4.69) is 4.98 Å². The highest BCUT2D eigenvalue weighted by Crippen LogP contribution is 2.17. The Morgan fingerprint density at radius 2 is 2.05 bits per heavy atom. The fourth-order valence-electron chi connectivity index (χ4n) is 2.28. The lowest BCUT2D eigenvalue weighted by Gasteiger charge is -2.04. The van der Waals surface area contributed by atoms with E-state index in [-0.39, 0.29) is 0 Å². The van der Waals surface area contributed by atoms with Gasteiger partial charge in [-0.2, -0.15) is 4.74 Å². The molecule has 5 nitrogen and oxygen atoms in total. The summed E-state index contributed by atoms with van der Waals surface area (Å²) < 4.78 is 8.52. The van der Waals surface area contributed by atoms with E-state index in [4.69, 9.17) is 4.42 Å². The second kappa shape index (κ2) is 5.89. The highest BCUT2D eigenvalue weighted by atomic mass is 16.5. The van der Waals surface area contributed by atoms with Gasteiger partial charge in [0, 0.05) is 24.0 Å². The van der Waals surface area contributed by atoms with Crippen LogP contribution in [-0.2, 0) is 6.54 Å². The van der Waals surface area contributed by atoms with E-state index in [1.54, 1.807) is 18.3 Å². The van der Waals surface area contributed by atoms with E-state index >= 15 is 0 Å². The van der Waals surface area contributed by atoms with Gasteiger partial charge in [0.15, 0.2) is 5.76 Å². The molecule has 2 heterocycles. The summed E-state index contributed by atoms with van der Waals surface area (Å²) in [4.78, 5) is 4.17. The van der Waals surface area contributed by atoms with Crippen molar-refractivity contribution in [3.05, 3.63) is 76.9 Å². The zero-order valence-corrected chi connectivity index (χ0v) is 12.6. The summed E-state index contributed by atoms with van der Waals surface area (Å²) in [5.74, 6) is 2.24. The van der Waals surface area contributed by atoms with E-state index in [0.717, 1.165) is 21.9 Å². The first-order chi connectivity index (χ1) is 10.6. The lowest BCUT2D eigenvalue weighted by Crippen LogP contribution is -2.00. The molecule has 2 aromatic heterocycles. The van der Waals surface area contributed by atoms with Crippen LogP contribution in [-0.4, -0.2) is 20.5 Å². The maximum absolute atomic E-state index is 12.2. The van der Waals surface area contributed by atoms with Crippen molar-refractivity contribution in [1.82, 2.24) is 9.55 Å². The van der Waals surface area contributed by atoms with Crippen molar-refractivity contribution in [3.63, 3.8) is 0 Å². The van der Waals surface area contributed by atoms with Gasteiger partial charge in [-0.1, -0.05) is 18.2 Å². The molecule has 3 aromatic rings. The van der Waals surface area contributed by atoms with Gasteiger partial charge < -0.3 is 14.2 Å². The number of hydrogen-bond donors (Lipinski definition) is 0. The Morgan fingerprint density at radius 3 is 2.77 bits per heavy atom. The third-order valence-corrected chi connectivity index (χ3v) is 3.53. The summed E-state index contributed by atoms with van der Waals surface area (Å²) in [6.45, 7) is 4.44. The van der Waals surface area contributed by atoms with Gasteiger partial charge in [0.05, 0.1) is 6.54 Å². The summed E-state index contributed by atoms with van der Waals surface area (Å²) in [6, 6.07) is 11.1. The molecule has 0 aliphatic heterocycles. The molecule has 0 fully saturated rings. The van der Waals surface area contributed by atoms with Crippen LogP contribution in [0.15, 0.2) is 53.2 Å². The van der Waals surface area contributed by atoms with Crippen molar-refractivity contribution < 1.29 is 9.16 Å². The van der Waals surface area contributed by atoms with Crippen LogP contribution in [0, 0.1) is 19.1 Å². The Kier molecular flexibility index (Phi) is 3.78. The number of rotatable bonds is 4. The van der Waals surface area contributed by atoms with Crippen LogP contribution >= 0.6 is 0 Å². The van der Waals surface area contributed by atoms with Gasteiger partial charge in [-0.25, -0.2) is 4.98 Å². The SMILES string of the molecule is Cc1ccccc1[N+]([O-])=Cc1ccc(Cn2ccnc2C)o1. The Labute approximate surface area is 128 Å². The zero-order chi connectivity index (χ0) is 15.5. The first kappa shape index (κ1) is 14.1. The average molecular weight is 295 g/mol. The number of imidazole rings is 1. The zero-order valence-electron chi connectivity index (χ0n) is 12.6. The van der Waals surface area contributed by atoms with Gasteiger partial charge in [-0.3, -0.25) is 0 Å². The second-order valence-electron chi connectivity index (χ2n) is 5.15. The summed E-state index contributed by atoms with van der Waals surface area (Å²) in [6.07, 6.45) is 5.10. The van der Waals surface area contributed by atoms with Gasteiger partial charge in [0.25, 0.3) is 0 Å². The molecule has 0 radical (unpaired) electrons. The first-order valence-corrected chi connectivity index (χ1v) is 7.07. The van der Waals surface area contributed by atoms with Crippen LogP contribution in [0.1, 0.15) is 22.9 Å². The molecular weight excluding hydrogens is 278 g/mol. The number of para-hydroxylation sites is 1. The van der Waals surface area contributed by atoms with Crippen molar-refractivity contribution in [3.8, 4) is 0 Å². The van der Waals surface area contributed by atoms with E-state index in [1.807, 2.05) is 48.9 Å². The minimum absolute atomic E-state index is 0.533. The topological polar surface area (TPSA) is 57.0 Å². The molecule has 0 saturated heterocycles. The number of hydrogen-bond acceptors (Lipinski definition) is 3. The molecule has 0 atom stereocenters. The molecule has 0 spiro atoms. The molecule has 0 bridgehead atoms. The summed E-state index contributed by atoms with van der Waals surface area (Å²) in [5.41, 5.74) is 1.54. The van der Waals surface area contributed by atoms with Crippen LogP contribution in [0.4, 0.5) is 5.69 Å². The summed E-state index contributed by atoms with van der Waals surface area (Å²) in [7, 11) is 0. The van der Waals surface area contributed by atoms with Crippen molar-refractivity contribution in [1.29, 1.82) is 0 Å². The Bertz CT molecular complexity index is 815. The van der Waals surface area contributed by atoms with Gasteiger partial charge in [-0.05, 0) is 26.0 Å². The molecule has 0 N–H and O–H groups in total. The van der Waals surface area contributed by atoms with Crippen LogP contribution in [0.25, 0.3) is 0 Å². The largest absolute Gasteiger partial charge is 0.618 e. The van der Waals surface area contributed by atoms with Crippen molar-refractivity contribution in [2.45, 2.75) is 20.4 Å². The van der Waals surface area contributed by atoms with Crippen LogP contribution < -0.4 is 0 Å². The Morgan fingerprint density at radius 1 is 1.23 bits per heavy atom. The molecule has 0 aliphatic carbocycles. The molecule has 1 aromatic carbocycles. The summed E-state index contributed by atoms with van der Waals surface area (Å²) >= 11 is 0. The van der Waals surface area contributed by atoms with Crippen LogP contribution in [0.3, 0.4) is 0 Å². The predicted octanol–water partition coefficient (Wildman–Crippen LogP) is 3.40. The number of furan rings is 1. The van der Waals surface area contributed by atoms with E-state index in [0.29, 0.717) is 18.0 Å². The predicted molar refractivity (Wildman–Crippen MR) is 84.4 cm³/mol. The molecule has 112 valence electrons. The highest BCUT2D eigenvalue weighted by Gasteiger charge is 2.09. The standard InChI is InChI=1S/C17H17N3O2/c1-13-5-3-4-6-17(13)20(21)12-16-8-7-15(22-16)11-19-10-9-18-14(19)2/h3-10,12H,11H2,1-2H3. The molecule has 0 unspecified atom stereocenters. The Balaban J connectivity index is 1.81. The first-order valence-electron chi connectivity index (χ1n) is 7.07. The van der Waals surface area contributed by atoms with Gasteiger partial charge in [0.2, 0.25) is 11.9 Å². The minimum Gasteiger partial charge on any atom is -0.618 e. The smallest absolute Gasteiger partial charge is 0.223 e. The molecule has 0 aliphatic rings. The molecular formula is C17H17N3O2. The van der Waals surface area contributed by atoms with Crippen molar-refractivity contribution >= 4 is 11.9 Å². The third-order valence-electron chi connectivity index (χ3n) is 3.53. The van der Waals surface area contributed by atoms with Crippen molar-refractivity contribution in [2.75, 3.05) is 0 Å². The van der Waals surface area contributed by atoms with E-state index in [1.165, 1.54) is 6.21 Å². The molecule has 0 saturated carbocycles. The maximum atomic E-state index is 12.2. The van der Waals surface area contributed by atoms with Gasteiger partial charge in [0.1, 0.15) is 11.6 Å². The molecule has 5 heteroatoms. The fraction of sp³-hybridized carbons (Fsp3) is 0.176. The number of aromatic nitrogens is 2. The van der Waals surface area contributed by atoms with E-state index < -0.39 is 0 Å². The van der Waals surface area contributed by atoms with Crippen molar-refractivity contribution in [2.24, 2.45) is 0 Å². The minimum atomic E-state index is 0.533. The lowest BCUT2D eigenvalue weighted by atomic mass is 10.2. The monoisotopic (exact) mass is 295 g/mol. The molecule has 0 amide bonds. The van der Waals surface area contributed by atoms with E-state index in [9.17, 15) is 5.21 Å². The quantitative estimate of drug-likeness (QED) is 0.321. The molecule has 22 heavy (non-hydrogen) atoms. The number of nitrogens with zero attached hydrogens (tertiary/aromatic N) is 3. The normalized spacial score (nSPS) is 11.8. The second-order valence-corrected chi connectivity index (χ2v) is 5.15. The maximum Gasteiger partial charge on any atom is 0.223 e. The molecule has 3 rings (SSSR count). The van der Waals surface area contributed by atoms with Gasteiger partial charge >= 0.3 is 0 Å². The fourth-order valence-corrected chi connectivity index (χ4v) is 2.28. The number of benzene rings is 1. The number of aryl methyl sites for hydroxylation is 2. The summed E-state index contributed by atoms with van der Waals surface area (Å²) in [5, 5.41) is 12.2. The van der Waals surface area contributed by atoms with Gasteiger partial charge in [-0.15, -0.1) is 0 Å². The highest BCUT2D eigenvalue weighted by molar-refractivity contribution is 5.73. The van der Waals surface area contributed by atoms with Crippen LogP contribution in [0.5, 0.6) is 0 Å². The Hall–Kier alpha value is -2.82. The average Bonchev–Trinajstić information content (AvgIpc) is 3.10.